The van der Waals surface area contributed by atoms with Gasteiger partial charge in [-0.3, -0.25) is 9.48 Å². The molecule has 0 aliphatic carbocycles. The van der Waals surface area contributed by atoms with Gasteiger partial charge in [-0.05, 0) is 24.1 Å². The van der Waals surface area contributed by atoms with Gasteiger partial charge in [-0.25, -0.2) is 0 Å². The van der Waals surface area contributed by atoms with Crippen LogP contribution in [0.3, 0.4) is 0 Å². The molecule has 0 aliphatic heterocycles. The van der Waals surface area contributed by atoms with Crippen LogP contribution >= 0.6 is 0 Å². The first-order valence-corrected chi connectivity index (χ1v) is 6.43. The maximum atomic E-state index is 12.1. The van der Waals surface area contributed by atoms with Crippen molar-refractivity contribution < 1.29 is 4.79 Å². The number of nitriles is 1. The largest absolute Gasteiger partial charge is 0.348 e. The zero-order valence-corrected chi connectivity index (χ0v) is 11.6. The maximum Gasteiger partial charge on any atom is 0.255 e. The molecule has 0 unspecified atom stereocenters. The fourth-order valence-electron chi connectivity index (χ4n) is 1.96. The Morgan fingerprint density at radius 2 is 2.10 bits per heavy atom. The van der Waals surface area contributed by atoms with Crippen molar-refractivity contribution in [3.63, 3.8) is 0 Å². The normalized spacial score (nSPS) is 10.1. The Morgan fingerprint density at radius 1 is 1.40 bits per heavy atom. The summed E-state index contributed by atoms with van der Waals surface area (Å²) in [6, 6.07) is 9.21. The van der Waals surface area contributed by atoms with E-state index in [1.807, 2.05) is 19.1 Å². The standard InChI is InChI=1S/C15H16N4O/c1-3-14-13(10-19(2)18-14)15(20)17-9-12-6-4-11(8-16)5-7-12/h4-7,10H,3,9H2,1-2H3,(H,17,20). The third-order valence-electron chi connectivity index (χ3n) is 3.02. The fourth-order valence-corrected chi connectivity index (χ4v) is 1.96. The van der Waals surface area contributed by atoms with E-state index in [-0.39, 0.29) is 5.91 Å². The number of amides is 1. The van der Waals surface area contributed by atoms with Crippen molar-refractivity contribution in [1.29, 1.82) is 5.26 Å². The number of nitrogens with zero attached hydrogens (tertiary/aromatic N) is 3. The number of carbonyl (C=O) groups excluding carboxylic acids is 1. The average molecular weight is 268 g/mol. The zero-order valence-electron chi connectivity index (χ0n) is 11.6. The topological polar surface area (TPSA) is 70.7 Å². The van der Waals surface area contributed by atoms with Crippen LogP contribution in [0.5, 0.6) is 0 Å². The molecule has 1 aromatic heterocycles. The maximum absolute atomic E-state index is 12.1. The molecule has 5 nitrogen and oxygen atoms in total. The minimum Gasteiger partial charge on any atom is -0.348 e. The van der Waals surface area contributed by atoms with Gasteiger partial charge in [0.2, 0.25) is 0 Å². The Balaban J connectivity index is 2.02. The predicted molar refractivity (Wildman–Crippen MR) is 74.9 cm³/mol. The van der Waals surface area contributed by atoms with Crippen LogP contribution in [0, 0.1) is 11.3 Å². The first-order chi connectivity index (χ1) is 9.63. The van der Waals surface area contributed by atoms with Crippen molar-refractivity contribution in [2.24, 2.45) is 7.05 Å². The summed E-state index contributed by atoms with van der Waals surface area (Å²) in [5, 5.41) is 15.8. The van der Waals surface area contributed by atoms with Crippen LogP contribution < -0.4 is 5.32 Å². The molecule has 20 heavy (non-hydrogen) atoms. The third kappa shape index (κ3) is 3.04. The van der Waals surface area contributed by atoms with Crippen molar-refractivity contribution in [3.05, 3.63) is 52.8 Å². The highest BCUT2D eigenvalue weighted by atomic mass is 16.1. The van der Waals surface area contributed by atoms with Crippen molar-refractivity contribution in [1.82, 2.24) is 15.1 Å². The van der Waals surface area contributed by atoms with Crippen molar-refractivity contribution >= 4 is 5.91 Å². The first-order valence-electron chi connectivity index (χ1n) is 6.43. The molecule has 0 bridgehead atoms. The van der Waals surface area contributed by atoms with Gasteiger partial charge in [0.05, 0.1) is 22.9 Å². The molecular weight excluding hydrogens is 252 g/mol. The van der Waals surface area contributed by atoms with E-state index in [9.17, 15) is 4.79 Å². The summed E-state index contributed by atoms with van der Waals surface area (Å²) in [6.45, 7) is 2.41. The van der Waals surface area contributed by atoms with Crippen LogP contribution in [-0.4, -0.2) is 15.7 Å². The summed E-state index contributed by atoms with van der Waals surface area (Å²) in [5.74, 6) is -0.126. The molecule has 1 heterocycles. The monoisotopic (exact) mass is 268 g/mol. The van der Waals surface area contributed by atoms with Gasteiger partial charge in [0.1, 0.15) is 0 Å². The lowest BCUT2D eigenvalue weighted by atomic mass is 10.1. The molecule has 1 amide bonds. The lowest BCUT2D eigenvalue weighted by Gasteiger charge is -2.05. The molecule has 102 valence electrons. The summed E-state index contributed by atoms with van der Waals surface area (Å²) < 4.78 is 1.65. The summed E-state index contributed by atoms with van der Waals surface area (Å²) in [6.07, 6.45) is 2.45. The van der Waals surface area contributed by atoms with Crippen molar-refractivity contribution in [3.8, 4) is 6.07 Å². The first kappa shape index (κ1) is 13.8. The van der Waals surface area contributed by atoms with Crippen molar-refractivity contribution in [2.75, 3.05) is 0 Å². The van der Waals surface area contributed by atoms with E-state index in [0.717, 1.165) is 17.7 Å². The number of aryl methyl sites for hydroxylation is 2. The Bertz CT molecular complexity index is 650. The quantitative estimate of drug-likeness (QED) is 0.918. The van der Waals surface area contributed by atoms with Crippen molar-refractivity contribution in [2.45, 2.75) is 19.9 Å². The summed E-state index contributed by atoms with van der Waals surface area (Å²) in [5.41, 5.74) is 2.98. The van der Waals surface area contributed by atoms with E-state index in [2.05, 4.69) is 16.5 Å². The van der Waals surface area contributed by atoms with Crippen LogP contribution in [0.15, 0.2) is 30.5 Å². The highest BCUT2D eigenvalue weighted by molar-refractivity contribution is 5.95. The average Bonchev–Trinajstić information content (AvgIpc) is 2.86. The number of nitrogens with one attached hydrogen (secondary N) is 1. The van der Waals surface area contributed by atoms with E-state index < -0.39 is 0 Å². The zero-order chi connectivity index (χ0) is 14.5. The summed E-state index contributed by atoms with van der Waals surface area (Å²) >= 11 is 0. The molecule has 0 spiro atoms. The van der Waals surface area contributed by atoms with Crippen LogP contribution in [0.4, 0.5) is 0 Å². The predicted octanol–water partition coefficient (Wildman–Crippen LogP) is 1.78. The van der Waals surface area contributed by atoms with E-state index in [1.54, 1.807) is 30.1 Å². The Labute approximate surface area is 117 Å². The second-order valence-corrected chi connectivity index (χ2v) is 4.51. The van der Waals surface area contributed by atoms with E-state index in [1.165, 1.54) is 0 Å². The van der Waals surface area contributed by atoms with E-state index >= 15 is 0 Å². The Morgan fingerprint density at radius 3 is 2.70 bits per heavy atom. The molecule has 1 aromatic carbocycles. The molecule has 0 atom stereocenters. The lowest BCUT2D eigenvalue weighted by molar-refractivity contribution is 0.0950. The smallest absolute Gasteiger partial charge is 0.255 e. The number of hydrogen-bond donors (Lipinski definition) is 1. The molecule has 2 rings (SSSR count). The molecule has 0 fully saturated rings. The van der Waals surface area contributed by atoms with E-state index in [4.69, 9.17) is 5.26 Å². The SMILES string of the molecule is CCc1nn(C)cc1C(=O)NCc1ccc(C#N)cc1. The molecule has 2 aromatic rings. The highest BCUT2D eigenvalue weighted by Crippen LogP contribution is 2.08. The van der Waals surface area contributed by atoms with Crippen LogP contribution in [0.1, 0.15) is 34.1 Å². The van der Waals surface area contributed by atoms with Gasteiger partial charge in [0.15, 0.2) is 0 Å². The second kappa shape index (κ2) is 6.02. The molecule has 0 saturated carbocycles. The number of rotatable bonds is 4. The van der Waals surface area contributed by atoms with Gasteiger partial charge in [0.25, 0.3) is 5.91 Å². The van der Waals surface area contributed by atoms with Gasteiger partial charge in [-0.1, -0.05) is 19.1 Å². The minimum absolute atomic E-state index is 0.126. The van der Waals surface area contributed by atoms with Gasteiger partial charge >= 0.3 is 0 Å². The number of hydrogen-bond acceptors (Lipinski definition) is 3. The van der Waals surface area contributed by atoms with Gasteiger partial charge < -0.3 is 5.32 Å². The minimum atomic E-state index is -0.126. The number of carbonyl (C=O) groups is 1. The number of aromatic nitrogens is 2. The van der Waals surface area contributed by atoms with E-state index in [0.29, 0.717) is 17.7 Å². The summed E-state index contributed by atoms with van der Waals surface area (Å²) in [7, 11) is 1.80. The lowest BCUT2D eigenvalue weighted by Crippen LogP contribution is -2.23. The van der Waals surface area contributed by atoms with Gasteiger partial charge in [-0.2, -0.15) is 10.4 Å². The van der Waals surface area contributed by atoms with Crippen LogP contribution in [-0.2, 0) is 20.0 Å². The highest BCUT2D eigenvalue weighted by Gasteiger charge is 2.13. The molecule has 0 radical (unpaired) electrons. The molecule has 5 heteroatoms. The third-order valence-corrected chi connectivity index (χ3v) is 3.02. The summed E-state index contributed by atoms with van der Waals surface area (Å²) in [4.78, 5) is 12.1. The van der Waals surface area contributed by atoms with Crippen LogP contribution in [0.25, 0.3) is 0 Å². The van der Waals surface area contributed by atoms with Gasteiger partial charge in [-0.15, -0.1) is 0 Å². The van der Waals surface area contributed by atoms with Crippen LogP contribution in [0.2, 0.25) is 0 Å². The van der Waals surface area contributed by atoms with Gasteiger partial charge in [0, 0.05) is 19.8 Å². The number of benzene rings is 1. The second-order valence-electron chi connectivity index (χ2n) is 4.51. The Hall–Kier alpha value is -2.61. The molecule has 0 aliphatic rings. The molecule has 0 saturated heterocycles. The molecular formula is C15H16N4O. The Kier molecular flexibility index (Phi) is 4.16. The fraction of sp³-hybridized carbons (Fsp3) is 0.267. The molecule has 1 N–H and O–H groups in total.